The molecule has 0 fully saturated rings. The molecular formula is C15H19N3S. The molecule has 3 nitrogen and oxygen atoms in total. The Morgan fingerprint density at radius 2 is 2.05 bits per heavy atom. The number of pyridine rings is 1. The standard InChI is InChI=1S/C13H13N3S.C2H6/c1-3-7-12-10(4-2)15-13(16(12)17)11-8-5-6-9-14-11;1-2/h3-9,17H,2H2,1H3;1-2H3/b7-3-;. The molecule has 0 aliphatic rings. The van der Waals surface area contributed by atoms with E-state index in [1.807, 2.05) is 51.1 Å². The van der Waals surface area contributed by atoms with E-state index in [0.717, 1.165) is 22.9 Å². The number of imidazole rings is 1. The number of aromatic nitrogens is 3. The van der Waals surface area contributed by atoms with Gasteiger partial charge in [0.25, 0.3) is 0 Å². The van der Waals surface area contributed by atoms with Crippen LogP contribution in [0.25, 0.3) is 23.7 Å². The molecule has 4 heteroatoms. The summed E-state index contributed by atoms with van der Waals surface area (Å²) >= 11 is 4.45. The third kappa shape index (κ3) is 3.35. The minimum absolute atomic E-state index is 0.719. The summed E-state index contributed by atoms with van der Waals surface area (Å²) in [6, 6.07) is 5.70. The molecule has 0 N–H and O–H groups in total. The number of hydrogen-bond donors (Lipinski definition) is 1. The van der Waals surface area contributed by atoms with Gasteiger partial charge in [-0.15, -0.1) is 0 Å². The molecule has 0 aliphatic carbocycles. The van der Waals surface area contributed by atoms with Gasteiger partial charge >= 0.3 is 0 Å². The summed E-state index contributed by atoms with van der Waals surface area (Å²) in [6.07, 6.45) is 7.34. The molecule has 0 unspecified atom stereocenters. The van der Waals surface area contributed by atoms with Crippen molar-refractivity contribution >= 4 is 25.0 Å². The molecule has 2 aromatic heterocycles. The normalized spacial score (nSPS) is 10.1. The van der Waals surface area contributed by atoms with Crippen LogP contribution >= 0.6 is 12.8 Å². The largest absolute Gasteiger partial charge is 0.267 e. The Bertz CT molecular complexity index is 556. The molecule has 0 saturated heterocycles. The van der Waals surface area contributed by atoms with Gasteiger partial charge in [-0.3, -0.25) is 8.96 Å². The Labute approximate surface area is 120 Å². The van der Waals surface area contributed by atoms with Crippen molar-refractivity contribution in [3.8, 4) is 11.5 Å². The maximum absolute atomic E-state index is 4.47. The summed E-state index contributed by atoms with van der Waals surface area (Å²) in [5, 5.41) is 0. The molecule has 0 atom stereocenters. The van der Waals surface area contributed by atoms with Crippen molar-refractivity contribution in [3.63, 3.8) is 0 Å². The van der Waals surface area contributed by atoms with Crippen LogP contribution in [-0.2, 0) is 0 Å². The van der Waals surface area contributed by atoms with Crippen LogP contribution in [0.15, 0.2) is 37.1 Å². The zero-order chi connectivity index (χ0) is 14.3. The van der Waals surface area contributed by atoms with Gasteiger partial charge in [-0.1, -0.05) is 45.4 Å². The number of thiol groups is 1. The van der Waals surface area contributed by atoms with Crippen LogP contribution in [0.4, 0.5) is 0 Å². The molecule has 0 aromatic carbocycles. The number of rotatable bonds is 3. The lowest BCUT2D eigenvalue weighted by Gasteiger charge is -2.00. The predicted molar refractivity (Wildman–Crippen MR) is 86.0 cm³/mol. The van der Waals surface area contributed by atoms with Gasteiger partial charge in [0.15, 0.2) is 5.82 Å². The van der Waals surface area contributed by atoms with Crippen LogP contribution in [0.1, 0.15) is 32.2 Å². The number of nitrogens with zero attached hydrogens (tertiary/aromatic N) is 3. The topological polar surface area (TPSA) is 30.7 Å². The van der Waals surface area contributed by atoms with Crippen molar-refractivity contribution in [2.45, 2.75) is 20.8 Å². The lowest BCUT2D eigenvalue weighted by molar-refractivity contribution is 1.18. The highest BCUT2D eigenvalue weighted by Crippen LogP contribution is 2.23. The first kappa shape index (κ1) is 15.2. The van der Waals surface area contributed by atoms with E-state index < -0.39 is 0 Å². The Kier molecular flexibility index (Phi) is 6.09. The molecular weight excluding hydrogens is 254 g/mol. The second kappa shape index (κ2) is 7.59. The van der Waals surface area contributed by atoms with Gasteiger partial charge in [-0.25, -0.2) is 4.98 Å². The van der Waals surface area contributed by atoms with E-state index in [0.29, 0.717) is 0 Å². The summed E-state index contributed by atoms with van der Waals surface area (Å²) in [4.78, 5) is 8.74. The number of allylic oxidation sites excluding steroid dienone is 1. The smallest absolute Gasteiger partial charge is 0.169 e. The van der Waals surface area contributed by atoms with Crippen LogP contribution in [0, 0.1) is 0 Å². The van der Waals surface area contributed by atoms with Crippen molar-refractivity contribution in [1.82, 2.24) is 13.9 Å². The zero-order valence-electron chi connectivity index (χ0n) is 11.5. The summed E-state index contributed by atoms with van der Waals surface area (Å²) < 4.78 is 1.72. The predicted octanol–water partition coefficient (Wildman–Crippen LogP) is 4.34. The lowest BCUT2D eigenvalue weighted by Crippen LogP contribution is -1.91. The van der Waals surface area contributed by atoms with Gasteiger partial charge in [0.2, 0.25) is 0 Å². The molecule has 2 aromatic rings. The fraction of sp³-hybridized carbons (Fsp3) is 0.200. The second-order valence-electron chi connectivity index (χ2n) is 3.44. The molecule has 2 rings (SSSR count). The van der Waals surface area contributed by atoms with Gasteiger partial charge < -0.3 is 0 Å². The first-order valence-electron chi connectivity index (χ1n) is 6.26. The first-order chi connectivity index (χ1) is 9.27. The molecule has 0 spiro atoms. The third-order valence-electron chi connectivity index (χ3n) is 2.33. The maximum Gasteiger partial charge on any atom is 0.169 e. The Balaban J connectivity index is 0.000000861. The summed E-state index contributed by atoms with van der Waals surface area (Å²) in [6.45, 7) is 9.71. The maximum atomic E-state index is 4.47. The molecule has 0 amide bonds. The average molecular weight is 273 g/mol. The van der Waals surface area contributed by atoms with Gasteiger partial charge in [-0.2, -0.15) is 0 Å². The molecule has 2 heterocycles. The quantitative estimate of drug-likeness (QED) is 0.843. The average Bonchev–Trinajstić information content (AvgIpc) is 2.79. The Hall–Kier alpha value is -1.81. The van der Waals surface area contributed by atoms with Crippen molar-refractivity contribution < 1.29 is 0 Å². The van der Waals surface area contributed by atoms with Crippen LogP contribution in [0.3, 0.4) is 0 Å². The van der Waals surface area contributed by atoms with Gasteiger partial charge in [0.05, 0.1) is 11.4 Å². The second-order valence-corrected chi connectivity index (χ2v) is 3.84. The SMILES string of the molecule is C=Cc1nc(-c2ccccn2)n(S)c1/C=C\C.CC. The fourth-order valence-electron chi connectivity index (χ4n) is 1.57. The minimum Gasteiger partial charge on any atom is -0.267 e. The molecule has 19 heavy (non-hydrogen) atoms. The van der Waals surface area contributed by atoms with Gasteiger partial charge in [0, 0.05) is 6.20 Å². The van der Waals surface area contributed by atoms with Crippen molar-refractivity contribution in [3.05, 3.63) is 48.4 Å². The van der Waals surface area contributed by atoms with E-state index in [-0.39, 0.29) is 0 Å². The molecule has 0 radical (unpaired) electrons. The third-order valence-corrected chi connectivity index (χ3v) is 2.73. The highest BCUT2D eigenvalue weighted by molar-refractivity contribution is 7.78. The molecule has 0 saturated carbocycles. The zero-order valence-corrected chi connectivity index (χ0v) is 12.4. The van der Waals surface area contributed by atoms with Crippen molar-refractivity contribution in [2.24, 2.45) is 0 Å². The summed E-state index contributed by atoms with van der Waals surface area (Å²) in [5.74, 6) is 0.719. The highest BCUT2D eigenvalue weighted by atomic mass is 32.1. The lowest BCUT2D eigenvalue weighted by atomic mass is 10.3. The minimum atomic E-state index is 0.719. The molecule has 0 aliphatic heterocycles. The van der Waals surface area contributed by atoms with Crippen LogP contribution < -0.4 is 0 Å². The van der Waals surface area contributed by atoms with Crippen molar-refractivity contribution in [2.75, 3.05) is 0 Å². The highest BCUT2D eigenvalue weighted by Gasteiger charge is 2.13. The summed E-state index contributed by atoms with van der Waals surface area (Å²) in [7, 11) is 0. The molecule has 0 bridgehead atoms. The number of hydrogen-bond acceptors (Lipinski definition) is 3. The molecule has 100 valence electrons. The van der Waals surface area contributed by atoms with E-state index in [1.54, 1.807) is 16.2 Å². The summed E-state index contributed by atoms with van der Waals surface area (Å²) in [5.41, 5.74) is 2.51. The van der Waals surface area contributed by atoms with E-state index in [1.165, 1.54) is 0 Å². The fourth-order valence-corrected chi connectivity index (χ4v) is 1.88. The van der Waals surface area contributed by atoms with E-state index in [4.69, 9.17) is 0 Å². The Morgan fingerprint density at radius 1 is 1.32 bits per heavy atom. The van der Waals surface area contributed by atoms with Crippen LogP contribution in [0.5, 0.6) is 0 Å². The van der Waals surface area contributed by atoms with E-state index in [2.05, 4.69) is 29.4 Å². The van der Waals surface area contributed by atoms with Gasteiger partial charge in [-0.05, 0) is 31.2 Å². The van der Waals surface area contributed by atoms with Crippen molar-refractivity contribution in [1.29, 1.82) is 0 Å². The van der Waals surface area contributed by atoms with Crippen LogP contribution in [-0.4, -0.2) is 13.9 Å². The van der Waals surface area contributed by atoms with E-state index >= 15 is 0 Å². The first-order valence-corrected chi connectivity index (χ1v) is 6.66. The monoisotopic (exact) mass is 273 g/mol. The van der Waals surface area contributed by atoms with Gasteiger partial charge in [0.1, 0.15) is 5.69 Å². The van der Waals surface area contributed by atoms with Crippen LogP contribution in [0.2, 0.25) is 0 Å². The Morgan fingerprint density at radius 3 is 2.58 bits per heavy atom. The van der Waals surface area contributed by atoms with E-state index in [9.17, 15) is 0 Å².